The second kappa shape index (κ2) is 7.19. The van der Waals surface area contributed by atoms with Gasteiger partial charge in [-0.15, -0.1) is 11.3 Å². The van der Waals surface area contributed by atoms with Gasteiger partial charge in [-0.2, -0.15) is 0 Å². The molecule has 1 aromatic heterocycles. The Labute approximate surface area is 131 Å². The predicted molar refractivity (Wildman–Crippen MR) is 83.9 cm³/mol. The molecule has 0 unspecified atom stereocenters. The van der Waals surface area contributed by atoms with Gasteiger partial charge in [0.05, 0.1) is 0 Å². The molecule has 0 saturated carbocycles. The summed E-state index contributed by atoms with van der Waals surface area (Å²) in [5, 5.41) is 8.06. The van der Waals surface area contributed by atoms with Gasteiger partial charge in [0.25, 0.3) is 5.91 Å². The molecule has 21 heavy (non-hydrogen) atoms. The van der Waals surface area contributed by atoms with E-state index in [9.17, 15) is 9.59 Å². The van der Waals surface area contributed by atoms with Gasteiger partial charge >= 0.3 is 0 Å². The highest BCUT2D eigenvalue weighted by atomic mass is 35.5. The van der Waals surface area contributed by atoms with Crippen molar-refractivity contribution in [3.05, 3.63) is 45.9 Å². The van der Waals surface area contributed by atoms with Crippen LogP contribution in [0.1, 0.15) is 23.0 Å². The fraction of sp³-hybridized carbons (Fsp3) is 0.214. The molecule has 0 aliphatic carbocycles. The van der Waals surface area contributed by atoms with Gasteiger partial charge < -0.3 is 10.6 Å². The van der Waals surface area contributed by atoms with Crippen molar-refractivity contribution in [1.82, 2.24) is 10.3 Å². The Morgan fingerprint density at radius 2 is 2.00 bits per heavy atom. The molecule has 7 heteroatoms. The fourth-order valence-corrected chi connectivity index (χ4v) is 2.51. The molecular weight excluding hydrogens is 310 g/mol. The molecule has 1 aromatic carbocycles. The first kappa shape index (κ1) is 15.5. The van der Waals surface area contributed by atoms with Crippen LogP contribution in [0.3, 0.4) is 0 Å². The first-order chi connectivity index (χ1) is 10.0. The summed E-state index contributed by atoms with van der Waals surface area (Å²) in [6.07, 6.45) is 0.714. The fourth-order valence-electron chi connectivity index (χ4n) is 1.65. The Balaban J connectivity index is 1.82. The van der Waals surface area contributed by atoms with Gasteiger partial charge in [0.2, 0.25) is 5.91 Å². The molecule has 110 valence electrons. The highest BCUT2D eigenvalue weighted by molar-refractivity contribution is 7.14. The molecule has 2 amide bonds. The van der Waals surface area contributed by atoms with Crippen molar-refractivity contribution in [1.29, 1.82) is 0 Å². The highest BCUT2D eigenvalue weighted by Crippen LogP contribution is 2.15. The molecule has 0 aliphatic rings. The van der Waals surface area contributed by atoms with E-state index in [2.05, 4.69) is 15.6 Å². The largest absolute Gasteiger partial charge is 0.350 e. The van der Waals surface area contributed by atoms with Gasteiger partial charge in [-0.3, -0.25) is 9.59 Å². The smallest absolute Gasteiger partial charge is 0.270 e. The minimum atomic E-state index is -0.253. The van der Waals surface area contributed by atoms with Crippen molar-refractivity contribution in [3.8, 4) is 0 Å². The quantitative estimate of drug-likeness (QED) is 0.888. The first-order valence-corrected chi connectivity index (χ1v) is 7.56. The summed E-state index contributed by atoms with van der Waals surface area (Å²) < 4.78 is 0. The van der Waals surface area contributed by atoms with Crippen molar-refractivity contribution >= 4 is 39.9 Å². The molecule has 0 atom stereocenters. The number of aromatic nitrogens is 1. The summed E-state index contributed by atoms with van der Waals surface area (Å²) in [5.41, 5.74) is 1.40. The Morgan fingerprint density at radius 1 is 1.29 bits per heavy atom. The van der Waals surface area contributed by atoms with Crippen LogP contribution in [0, 0.1) is 0 Å². The van der Waals surface area contributed by atoms with Crippen molar-refractivity contribution in [2.75, 3.05) is 11.9 Å². The van der Waals surface area contributed by atoms with Crippen LogP contribution >= 0.6 is 22.9 Å². The Kier molecular flexibility index (Phi) is 5.30. The number of thiazole rings is 1. The molecule has 2 rings (SSSR count). The average Bonchev–Trinajstić information content (AvgIpc) is 2.88. The summed E-state index contributed by atoms with van der Waals surface area (Å²) in [4.78, 5) is 26.8. The summed E-state index contributed by atoms with van der Waals surface area (Å²) in [6, 6.07) is 7.48. The molecule has 0 fully saturated rings. The van der Waals surface area contributed by atoms with Crippen LogP contribution in [0.4, 0.5) is 5.13 Å². The van der Waals surface area contributed by atoms with E-state index in [0.29, 0.717) is 28.8 Å². The van der Waals surface area contributed by atoms with Crippen molar-refractivity contribution in [2.45, 2.75) is 13.3 Å². The van der Waals surface area contributed by atoms with Crippen LogP contribution in [0.25, 0.3) is 0 Å². The van der Waals surface area contributed by atoms with Crippen molar-refractivity contribution < 1.29 is 9.59 Å². The molecule has 0 aliphatic heterocycles. The maximum absolute atomic E-state index is 11.9. The van der Waals surface area contributed by atoms with Gasteiger partial charge in [0, 0.05) is 23.9 Å². The lowest BCUT2D eigenvalue weighted by Gasteiger charge is -2.03. The second-order valence-corrected chi connectivity index (χ2v) is 5.65. The lowest BCUT2D eigenvalue weighted by atomic mass is 10.1. The van der Waals surface area contributed by atoms with E-state index >= 15 is 0 Å². The van der Waals surface area contributed by atoms with Gasteiger partial charge in [-0.25, -0.2) is 4.98 Å². The Morgan fingerprint density at radius 3 is 2.67 bits per heavy atom. The Bertz CT molecular complexity index is 640. The third-order valence-corrected chi connectivity index (χ3v) is 3.64. The standard InChI is InChI=1S/C14H14ClN3O2S/c1-9(19)17-14-18-12(8-21-14)13(20)16-7-6-10-2-4-11(15)5-3-10/h2-5,8H,6-7H2,1H3,(H,16,20)(H,17,18,19). The number of rotatable bonds is 5. The maximum Gasteiger partial charge on any atom is 0.270 e. The third-order valence-electron chi connectivity index (χ3n) is 2.63. The van der Waals surface area contributed by atoms with Crippen LogP contribution in [-0.2, 0) is 11.2 Å². The van der Waals surface area contributed by atoms with Crippen molar-refractivity contribution in [3.63, 3.8) is 0 Å². The van der Waals surface area contributed by atoms with E-state index in [1.807, 2.05) is 24.3 Å². The van der Waals surface area contributed by atoms with E-state index in [-0.39, 0.29) is 11.8 Å². The number of carbonyl (C=O) groups is 2. The zero-order chi connectivity index (χ0) is 15.2. The number of benzene rings is 1. The number of hydrogen-bond donors (Lipinski definition) is 2. The molecule has 0 radical (unpaired) electrons. The van der Waals surface area contributed by atoms with Crippen LogP contribution in [0.5, 0.6) is 0 Å². The highest BCUT2D eigenvalue weighted by Gasteiger charge is 2.10. The normalized spacial score (nSPS) is 10.2. The monoisotopic (exact) mass is 323 g/mol. The number of hydrogen-bond acceptors (Lipinski definition) is 4. The van der Waals surface area contributed by atoms with Crippen LogP contribution in [0.2, 0.25) is 5.02 Å². The molecule has 0 saturated heterocycles. The summed E-state index contributed by atoms with van der Waals surface area (Å²) in [7, 11) is 0. The Hall–Kier alpha value is -1.92. The second-order valence-electron chi connectivity index (χ2n) is 4.35. The van der Waals surface area contributed by atoms with Gasteiger partial charge in [-0.05, 0) is 24.1 Å². The van der Waals surface area contributed by atoms with Crippen molar-refractivity contribution in [2.24, 2.45) is 0 Å². The molecule has 2 aromatic rings. The summed E-state index contributed by atoms with van der Waals surface area (Å²) >= 11 is 7.03. The topological polar surface area (TPSA) is 71.1 Å². The van der Waals surface area contributed by atoms with Gasteiger partial charge in [0.15, 0.2) is 5.13 Å². The summed E-state index contributed by atoms with van der Waals surface area (Å²) in [6.45, 7) is 1.90. The van der Waals surface area contributed by atoms with E-state index in [1.165, 1.54) is 18.3 Å². The SMILES string of the molecule is CC(=O)Nc1nc(C(=O)NCCc2ccc(Cl)cc2)cs1. The number of amides is 2. The number of halogens is 1. The predicted octanol–water partition coefficient (Wildman–Crippen LogP) is 2.73. The average molecular weight is 324 g/mol. The minimum Gasteiger partial charge on any atom is -0.350 e. The molecular formula is C14H14ClN3O2S. The zero-order valence-corrected chi connectivity index (χ0v) is 12.9. The zero-order valence-electron chi connectivity index (χ0n) is 11.4. The maximum atomic E-state index is 11.9. The lowest BCUT2D eigenvalue weighted by Crippen LogP contribution is -2.26. The van der Waals surface area contributed by atoms with Crippen LogP contribution in [-0.4, -0.2) is 23.3 Å². The number of nitrogens with zero attached hydrogens (tertiary/aromatic N) is 1. The summed E-state index contributed by atoms with van der Waals surface area (Å²) in [5.74, 6) is -0.462. The van der Waals surface area contributed by atoms with E-state index < -0.39 is 0 Å². The minimum absolute atomic E-state index is 0.209. The number of anilines is 1. The molecule has 0 bridgehead atoms. The van der Waals surface area contributed by atoms with Gasteiger partial charge in [0.1, 0.15) is 5.69 Å². The number of nitrogens with one attached hydrogen (secondary N) is 2. The molecule has 5 nitrogen and oxygen atoms in total. The van der Waals surface area contributed by atoms with Gasteiger partial charge in [-0.1, -0.05) is 23.7 Å². The molecule has 0 spiro atoms. The molecule has 2 N–H and O–H groups in total. The first-order valence-electron chi connectivity index (χ1n) is 6.30. The third kappa shape index (κ3) is 4.84. The van der Waals surface area contributed by atoms with Crippen LogP contribution in [0.15, 0.2) is 29.6 Å². The number of carbonyl (C=O) groups excluding carboxylic acids is 2. The van der Waals surface area contributed by atoms with E-state index in [4.69, 9.17) is 11.6 Å². The van der Waals surface area contributed by atoms with E-state index in [1.54, 1.807) is 5.38 Å². The van der Waals surface area contributed by atoms with E-state index in [0.717, 1.165) is 5.56 Å². The van der Waals surface area contributed by atoms with Crippen LogP contribution < -0.4 is 10.6 Å². The lowest BCUT2D eigenvalue weighted by molar-refractivity contribution is -0.114. The molecule has 1 heterocycles.